The molecule has 6 amide bonds. The number of hydrogen-bond donors (Lipinski definition) is 6. The molecule has 0 saturated carbocycles. The predicted octanol–water partition coefficient (Wildman–Crippen LogP) is 1.89. The second-order valence-corrected chi connectivity index (χ2v) is 14.0. The van der Waals surface area contributed by atoms with Crippen molar-refractivity contribution in [1.82, 2.24) is 15.5 Å². The van der Waals surface area contributed by atoms with Gasteiger partial charge in [0.25, 0.3) is 0 Å². The minimum absolute atomic E-state index is 0.0586. The van der Waals surface area contributed by atoms with Gasteiger partial charge in [-0.2, -0.15) is 4.90 Å². The minimum Gasteiger partial charge on any atom is -0.443 e. The summed E-state index contributed by atoms with van der Waals surface area (Å²) in [5, 5.41) is 8.38. The Balaban J connectivity index is 2.35. The quantitative estimate of drug-likeness (QED) is 0.0703. The van der Waals surface area contributed by atoms with Crippen LogP contribution in [-0.4, -0.2) is 82.5 Å². The van der Waals surface area contributed by atoms with Gasteiger partial charge in [0, 0.05) is 36.2 Å². The van der Waals surface area contributed by atoms with Crippen molar-refractivity contribution in [2.75, 3.05) is 11.9 Å². The van der Waals surface area contributed by atoms with Crippen molar-refractivity contribution in [2.45, 2.75) is 110 Å². The molecule has 1 aromatic heterocycles. The molecule has 0 aliphatic heterocycles. The van der Waals surface area contributed by atoms with E-state index < -0.39 is 83.6 Å². The summed E-state index contributed by atoms with van der Waals surface area (Å²) in [6.07, 6.45) is -2.98. The Hall–Kier alpha value is -5.68. The maximum absolute atomic E-state index is 13.7. The van der Waals surface area contributed by atoms with Gasteiger partial charge in [-0.15, -0.1) is 0 Å². The van der Waals surface area contributed by atoms with Crippen LogP contribution in [0.15, 0.2) is 38.5 Å². The van der Waals surface area contributed by atoms with E-state index in [0.29, 0.717) is 15.8 Å². The molecule has 0 aliphatic carbocycles. The highest BCUT2D eigenvalue weighted by Crippen LogP contribution is 2.22. The summed E-state index contributed by atoms with van der Waals surface area (Å²) in [6, 6.07) is 1.87. The molecule has 18 nitrogen and oxygen atoms in total. The number of carbonyl (C=O) groups excluding carboxylic acids is 6. The van der Waals surface area contributed by atoms with Gasteiger partial charge in [-0.3, -0.25) is 24.2 Å². The molecule has 2 aromatic rings. The van der Waals surface area contributed by atoms with Gasteiger partial charge in [0.2, 0.25) is 23.6 Å². The van der Waals surface area contributed by atoms with Crippen LogP contribution in [-0.2, 0) is 28.7 Å². The summed E-state index contributed by atoms with van der Waals surface area (Å²) in [5.74, 6) is -3.46. The van der Waals surface area contributed by atoms with Crippen LogP contribution < -0.4 is 38.8 Å². The molecule has 0 radical (unpaired) electrons. The molecular formula is C34H50N8O10. The molecule has 286 valence electrons. The zero-order valence-electron chi connectivity index (χ0n) is 30.8. The Kier molecular flexibility index (Phi) is 14.7. The molecule has 0 spiro atoms. The standard InChI is InChI=1S/C34H50N8O10/c1-18-16-26(44)50-24-17-20(11-12-21(18)24)40-28(46)22(10-9-15-38-30(36)37)41-27(45)19(2)39-29(47)23(13-14-25(35)43)42(31(48)51-33(3,4)5)32(49)52-34(6,7)8/h11-12,16-17,19,22-23H,9-10,13-15H2,1-8H3,(H2,35,43)(H,39,47)(H,40,46)(H,41,45)(H4,36,37,38)/t19-,22-,23-/m0/s1. The molecule has 1 aromatic carbocycles. The maximum atomic E-state index is 13.7. The number of anilines is 1. The zero-order chi connectivity index (χ0) is 39.6. The van der Waals surface area contributed by atoms with Crippen molar-refractivity contribution >= 4 is 58.4 Å². The van der Waals surface area contributed by atoms with Crippen LogP contribution in [0.3, 0.4) is 0 Å². The molecule has 9 N–H and O–H groups in total. The second kappa shape index (κ2) is 18.0. The van der Waals surface area contributed by atoms with E-state index >= 15 is 0 Å². The van der Waals surface area contributed by atoms with E-state index in [9.17, 15) is 33.6 Å². The van der Waals surface area contributed by atoms with Crippen molar-refractivity contribution < 1.29 is 42.7 Å². The lowest BCUT2D eigenvalue weighted by Crippen LogP contribution is -2.58. The van der Waals surface area contributed by atoms with E-state index in [-0.39, 0.29) is 36.6 Å². The first-order valence-electron chi connectivity index (χ1n) is 16.5. The van der Waals surface area contributed by atoms with Gasteiger partial charge in [-0.25, -0.2) is 14.4 Å². The molecule has 0 unspecified atom stereocenters. The predicted molar refractivity (Wildman–Crippen MR) is 192 cm³/mol. The molecule has 0 fully saturated rings. The number of nitrogens with two attached hydrogens (primary N) is 3. The largest absolute Gasteiger partial charge is 0.443 e. The number of benzene rings is 1. The Bertz CT molecular complexity index is 1710. The Morgan fingerprint density at radius 2 is 1.46 bits per heavy atom. The topological polar surface area (TPSA) is 281 Å². The number of hydrogen-bond acceptors (Lipinski definition) is 11. The molecular weight excluding hydrogens is 680 g/mol. The van der Waals surface area contributed by atoms with Crippen LogP contribution in [0.25, 0.3) is 11.0 Å². The monoisotopic (exact) mass is 730 g/mol. The van der Waals surface area contributed by atoms with E-state index in [1.54, 1.807) is 60.6 Å². The van der Waals surface area contributed by atoms with Crippen molar-refractivity contribution in [2.24, 2.45) is 22.2 Å². The minimum atomic E-state index is -1.69. The summed E-state index contributed by atoms with van der Waals surface area (Å²) >= 11 is 0. The number of amides is 6. The number of guanidine groups is 1. The normalized spacial score (nSPS) is 13.2. The lowest BCUT2D eigenvalue weighted by atomic mass is 10.1. The van der Waals surface area contributed by atoms with E-state index in [2.05, 4.69) is 20.9 Å². The average molecular weight is 731 g/mol. The van der Waals surface area contributed by atoms with Crippen LogP contribution >= 0.6 is 0 Å². The fourth-order valence-corrected chi connectivity index (χ4v) is 4.68. The number of carbonyl (C=O) groups is 6. The summed E-state index contributed by atoms with van der Waals surface area (Å²) in [6.45, 7) is 12.5. The van der Waals surface area contributed by atoms with Crippen molar-refractivity contribution in [3.8, 4) is 0 Å². The van der Waals surface area contributed by atoms with Crippen molar-refractivity contribution in [3.05, 3.63) is 40.2 Å². The number of rotatable bonds is 14. The molecule has 0 bridgehead atoms. The van der Waals surface area contributed by atoms with E-state index in [0.717, 1.165) is 0 Å². The number of ether oxygens (including phenoxy) is 2. The first-order valence-corrected chi connectivity index (χ1v) is 16.5. The number of aryl methyl sites for hydroxylation is 1. The summed E-state index contributed by atoms with van der Waals surface area (Å²) in [7, 11) is 0. The SMILES string of the molecule is Cc1cc(=O)oc2cc(NC(=O)[C@H](CCCN=C(N)N)NC(=O)[C@H](C)NC(=O)[C@H](CCC(N)=O)N(C(=O)OC(C)(C)C)C(=O)OC(C)(C)C)ccc12. The first-order chi connectivity index (χ1) is 24.0. The lowest BCUT2D eigenvalue weighted by molar-refractivity contribution is -0.133. The number of aliphatic imine (C=N–C) groups is 1. The Morgan fingerprint density at radius 1 is 0.865 bits per heavy atom. The van der Waals surface area contributed by atoms with Crippen molar-refractivity contribution in [1.29, 1.82) is 0 Å². The van der Waals surface area contributed by atoms with Crippen LogP contribution in [0, 0.1) is 6.92 Å². The fourth-order valence-electron chi connectivity index (χ4n) is 4.68. The highest BCUT2D eigenvalue weighted by molar-refractivity contribution is 6.00. The molecule has 0 saturated heterocycles. The molecule has 3 atom stereocenters. The zero-order valence-corrected chi connectivity index (χ0v) is 30.8. The van der Waals surface area contributed by atoms with Gasteiger partial charge in [0.05, 0.1) is 0 Å². The van der Waals surface area contributed by atoms with Gasteiger partial charge in [0.15, 0.2) is 5.96 Å². The van der Waals surface area contributed by atoms with Crippen molar-refractivity contribution in [3.63, 3.8) is 0 Å². The molecule has 0 aliphatic rings. The van der Waals surface area contributed by atoms with E-state index in [1.807, 2.05) is 0 Å². The highest BCUT2D eigenvalue weighted by Gasteiger charge is 2.41. The number of nitrogens with one attached hydrogen (secondary N) is 3. The van der Waals surface area contributed by atoms with Gasteiger partial charge in [0.1, 0.15) is 34.9 Å². The van der Waals surface area contributed by atoms with Gasteiger partial charge in [-0.1, -0.05) is 0 Å². The number of imide groups is 1. The van der Waals surface area contributed by atoms with Crippen LogP contribution in [0.1, 0.15) is 79.7 Å². The summed E-state index contributed by atoms with van der Waals surface area (Å²) in [5.41, 5.74) is 14.6. The molecule has 1 heterocycles. The smallest absolute Gasteiger partial charge is 0.420 e. The molecule has 52 heavy (non-hydrogen) atoms. The van der Waals surface area contributed by atoms with E-state index in [1.165, 1.54) is 19.1 Å². The van der Waals surface area contributed by atoms with Gasteiger partial charge >= 0.3 is 17.8 Å². The van der Waals surface area contributed by atoms with Crippen LogP contribution in [0.5, 0.6) is 0 Å². The second-order valence-electron chi connectivity index (χ2n) is 14.0. The highest BCUT2D eigenvalue weighted by atomic mass is 16.6. The van der Waals surface area contributed by atoms with E-state index in [4.69, 9.17) is 31.1 Å². The Morgan fingerprint density at radius 3 is 2.00 bits per heavy atom. The summed E-state index contributed by atoms with van der Waals surface area (Å²) in [4.78, 5) is 95.1. The molecule has 18 heteroatoms. The number of nitrogens with zero attached hydrogens (tertiary/aromatic N) is 2. The van der Waals surface area contributed by atoms with Crippen LogP contribution in [0.4, 0.5) is 15.3 Å². The van der Waals surface area contributed by atoms with Gasteiger partial charge < -0.3 is 47.0 Å². The summed E-state index contributed by atoms with van der Waals surface area (Å²) < 4.78 is 16.0. The number of fused-ring (bicyclic) bond motifs is 1. The van der Waals surface area contributed by atoms with Gasteiger partial charge in [-0.05, 0) is 92.3 Å². The lowest BCUT2D eigenvalue weighted by Gasteiger charge is -2.33. The maximum Gasteiger partial charge on any atom is 0.420 e. The first kappa shape index (κ1) is 42.5. The Labute approximate surface area is 301 Å². The third-order valence-corrected chi connectivity index (χ3v) is 7.01. The molecule has 2 rings (SSSR count). The number of primary amides is 1. The van der Waals surface area contributed by atoms with Crippen LogP contribution in [0.2, 0.25) is 0 Å². The fraction of sp³-hybridized carbons (Fsp3) is 0.529. The average Bonchev–Trinajstić information content (AvgIpc) is 2.97. The third kappa shape index (κ3) is 13.9. The third-order valence-electron chi connectivity index (χ3n) is 7.01.